The molecule has 0 aliphatic heterocycles. The van der Waals surface area contributed by atoms with E-state index in [2.05, 4.69) is 4.74 Å². The number of aliphatic hydroxyl groups is 1. The highest BCUT2D eigenvalue weighted by Gasteiger charge is 2.27. The SMILES string of the molecule is OCc1ccccc1OCOCC(F)(F)F. The summed E-state index contributed by atoms with van der Waals surface area (Å²) in [5.41, 5.74) is 0.498. The number of alkyl halides is 3. The van der Waals surface area contributed by atoms with E-state index in [0.717, 1.165) is 0 Å². The lowest BCUT2D eigenvalue weighted by atomic mass is 10.2. The molecule has 0 aromatic heterocycles. The molecule has 0 amide bonds. The van der Waals surface area contributed by atoms with Crippen LogP contribution in [0.5, 0.6) is 5.75 Å². The number of hydrogen-bond donors (Lipinski definition) is 1. The number of rotatable bonds is 5. The molecule has 3 nitrogen and oxygen atoms in total. The van der Waals surface area contributed by atoms with Crippen molar-refractivity contribution in [3.8, 4) is 5.75 Å². The monoisotopic (exact) mass is 236 g/mol. The van der Waals surface area contributed by atoms with Crippen LogP contribution in [-0.2, 0) is 11.3 Å². The van der Waals surface area contributed by atoms with E-state index in [9.17, 15) is 13.2 Å². The number of para-hydroxylation sites is 1. The van der Waals surface area contributed by atoms with Crippen LogP contribution in [0.15, 0.2) is 24.3 Å². The van der Waals surface area contributed by atoms with Gasteiger partial charge in [-0.25, -0.2) is 0 Å². The minimum absolute atomic E-state index is 0.241. The van der Waals surface area contributed by atoms with Crippen LogP contribution in [0.1, 0.15) is 5.56 Å². The molecule has 0 aliphatic rings. The molecular weight excluding hydrogens is 225 g/mol. The Morgan fingerprint density at radius 1 is 1.19 bits per heavy atom. The van der Waals surface area contributed by atoms with E-state index in [0.29, 0.717) is 11.3 Å². The molecule has 1 N–H and O–H groups in total. The van der Waals surface area contributed by atoms with E-state index in [-0.39, 0.29) is 6.61 Å². The molecule has 0 atom stereocenters. The number of hydrogen-bond acceptors (Lipinski definition) is 3. The van der Waals surface area contributed by atoms with Crippen LogP contribution in [0.4, 0.5) is 13.2 Å². The minimum Gasteiger partial charge on any atom is -0.467 e. The van der Waals surface area contributed by atoms with Gasteiger partial charge in [-0.2, -0.15) is 13.2 Å². The third-order valence-corrected chi connectivity index (χ3v) is 1.71. The van der Waals surface area contributed by atoms with Gasteiger partial charge in [-0.15, -0.1) is 0 Å². The Morgan fingerprint density at radius 3 is 2.50 bits per heavy atom. The average Bonchev–Trinajstić information content (AvgIpc) is 2.23. The molecule has 0 aliphatic carbocycles. The van der Waals surface area contributed by atoms with Gasteiger partial charge in [0.25, 0.3) is 0 Å². The van der Waals surface area contributed by atoms with Crippen molar-refractivity contribution >= 4 is 0 Å². The molecule has 0 heterocycles. The Bertz CT molecular complexity index is 325. The van der Waals surface area contributed by atoms with Gasteiger partial charge in [0.05, 0.1) is 6.61 Å². The van der Waals surface area contributed by atoms with Crippen molar-refractivity contribution in [1.82, 2.24) is 0 Å². The first-order valence-electron chi connectivity index (χ1n) is 4.49. The van der Waals surface area contributed by atoms with Crippen LogP contribution < -0.4 is 4.74 Å². The molecule has 0 unspecified atom stereocenters. The van der Waals surface area contributed by atoms with Crippen molar-refractivity contribution in [2.45, 2.75) is 12.8 Å². The zero-order valence-corrected chi connectivity index (χ0v) is 8.33. The van der Waals surface area contributed by atoms with Crippen LogP contribution in [0.3, 0.4) is 0 Å². The van der Waals surface area contributed by atoms with E-state index in [1.165, 1.54) is 0 Å². The molecule has 0 saturated heterocycles. The van der Waals surface area contributed by atoms with Gasteiger partial charge in [0.1, 0.15) is 12.4 Å². The number of benzene rings is 1. The second kappa shape index (κ2) is 5.72. The van der Waals surface area contributed by atoms with Crippen molar-refractivity contribution in [2.75, 3.05) is 13.4 Å². The average molecular weight is 236 g/mol. The van der Waals surface area contributed by atoms with Crippen molar-refractivity contribution in [2.24, 2.45) is 0 Å². The van der Waals surface area contributed by atoms with Gasteiger partial charge in [-0.1, -0.05) is 18.2 Å². The molecule has 0 spiro atoms. The van der Waals surface area contributed by atoms with Crippen molar-refractivity contribution in [3.05, 3.63) is 29.8 Å². The van der Waals surface area contributed by atoms with Crippen LogP contribution in [-0.4, -0.2) is 24.7 Å². The smallest absolute Gasteiger partial charge is 0.411 e. The van der Waals surface area contributed by atoms with Crippen LogP contribution >= 0.6 is 0 Å². The summed E-state index contributed by atoms with van der Waals surface area (Å²) in [6.07, 6.45) is -4.36. The van der Waals surface area contributed by atoms with E-state index in [1.807, 2.05) is 0 Å². The number of aliphatic hydroxyl groups excluding tert-OH is 1. The molecule has 0 fully saturated rings. The predicted octanol–water partition coefficient (Wildman–Crippen LogP) is 2.09. The molecule has 0 saturated carbocycles. The van der Waals surface area contributed by atoms with Gasteiger partial charge in [0, 0.05) is 5.56 Å². The highest BCUT2D eigenvalue weighted by Crippen LogP contribution is 2.18. The Labute approximate surface area is 90.4 Å². The maximum atomic E-state index is 11.7. The zero-order valence-electron chi connectivity index (χ0n) is 8.33. The van der Waals surface area contributed by atoms with Gasteiger partial charge in [-0.05, 0) is 6.07 Å². The standard InChI is InChI=1S/C10H11F3O3/c11-10(12,13)6-15-7-16-9-4-2-1-3-8(9)5-14/h1-4,14H,5-7H2. The van der Waals surface area contributed by atoms with E-state index >= 15 is 0 Å². The summed E-state index contributed by atoms with van der Waals surface area (Å²) in [5.74, 6) is 0.312. The third kappa shape index (κ3) is 4.50. The molecule has 0 radical (unpaired) electrons. The van der Waals surface area contributed by atoms with Crippen LogP contribution in [0.25, 0.3) is 0 Å². The van der Waals surface area contributed by atoms with Crippen molar-refractivity contribution in [3.63, 3.8) is 0 Å². The van der Waals surface area contributed by atoms with Crippen LogP contribution in [0.2, 0.25) is 0 Å². The molecular formula is C10H11F3O3. The van der Waals surface area contributed by atoms with Gasteiger partial charge in [-0.3, -0.25) is 0 Å². The van der Waals surface area contributed by atoms with Gasteiger partial charge >= 0.3 is 6.18 Å². The maximum Gasteiger partial charge on any atom is 0.411 e. The van der Waals surface area contributed by atoms with Gasteiger partial charge in [0.15, 0.2) is 6.79 Å². The maximum absolute atomic E-state index is 11.7. The lowest BCUT2D eigenvalue weighted by Gasteiger charge is -2.11. The Hall–Kier alpha value is -1.27. The summed E-state index contributed by atoms with van der Waals surface area (Å²) in [6, 6.07) is 6.49. The first-order valence-corrected chi connectivity index (χ1v) is 4.49. The first-order chi connectivity index (χ1) is 7.53. The Kier molecular flexibility index (Phi) is 4.57. The highest BCUT2D eigenvalue weighted by atomic mass is 19.4. The van der Waals surface area contributed by atoms with E-state index in [4.69, 9.17) is 9.84 Å². The summed E-state index contributed by atoms with van der Waals surface area (Å²) in [4.78, 5) is 0. The summed E-state index contributed by atoms with van der Waals surface area (Å²) >= 11 is 0. The predicted molar refractivity (Wildman–Crippen MR) is 49.9 cm³/mol. The van der Waals surface area contributed by atoms with Gasteiger partial charge < -0.3 is 14.6 Å². The molecule has 1 aromatic carbocycles. The normalized spacial score (nSPS) is 11.5. The van der Waals surface area contributed by atoms with E-state index < -0.39 is 19.6 Å². The first kappa shape index (κ1) is 12.8. The second-order valence-electron chi connectivity index (χ2n) is 2.99. The minimum atomic E-state index is -4.36. The summed E-state index contributed by atoms with van der Waals surface area (Å²) in [6.45, 7) is -2.10. The van der Waals surface area contributed by atoms with Crippen molar-refractivity contribution < 1.29 is 27.8 Å². The molecule has 16 heavy (non-hydrogen) atoms. The molecule has 6 heteroatoms. The molecule has 0 bridgehead atoms. The zero-order chi connectivity index (χ0) is 12.0. The summed E-state index contributed by atoms with van der Waals surface area (Å²) in [5, 5.41) is 8.90. The summed E-state index contributed by atoms with van der Waals surface area (Å²) < 4.78 is 44.3. The van der Waals surface area contributed by atoms with E-state index in [1.54, 1.807) is 24.3 Å². The molecule has 1 aromatic rings. The number of ether oxygens (including phenoxy) is 2. The van der Waals surface area contributed by atoms with Gasteiger partial charge in [0.2, 0.25) is 0 Å². The molecule has 1 rings (SSSR count). The highest BCUT2D eigenvalue weighted by molar-refractivity contribution is 5.32. The fourth-order valence-electron chi connectivity index (χ4n) is 1.04. The Morgan fingerprint density at radius 2 is 1.88 bits per heavy atom. The quantitative estimate of drug-likeness (QED) is 0.628. The Balaban J connectivity index is 2.37. The third-order valence-electron chi connectivity index (χ3n) is 1.71. The lowest BCUT2D eigenvalue weighted by Crippen LogP contribution is -2.19. The number of halogens is 3. The van der Waals surface area contributed by atoms with Crippen LogP contribution in [0, 0.1) is 0 Å². The topological polar surface area (TPSA) is 38.7 Å². The fraction of sp³-hybridized carbons (Fsp3) is 0.400. The molecule has 90 valence electrons. The largest absolute Gasteiger partial charge is 0.467 e. The summed E-state index contributed by atoms with van der Waals surface area (Å²) in [7, 11) is 0. The fourth-order valence-corrected chi connectivity index (χ4v) is 1.04. The van der Waals surface area contributed by atoms with Crippen molar-refractivity contribution in [1.29, 1.82) is 0 Å². The lowest BCUT2D eigenvalue weighted by molar-refractivity contribution is -0.186. The second-order valence-corrected chi connectivity index (χ2v) is 2.99.